The van der Waals surface area contributed by atoms with Crippen LogP contribution in [0.4, 0.5) is 0 Å². The number of nitrogens with one attached hydrogen (secondary N) is 2. The zero-order chi connectivity index (χ0) is 14.5. The van der Waals surface area contributed by atoms with Crippen LogP contribution in [0.5, 0.6) is 0 Å². The Hall–Kier alpha value is -0.370. The lowest BCUT2D eigenvalue weighted by atomic mass is 10.1. The third-order valence-corrected chi connectivity index (χ3v) is 4.92. The largest absolute Gasteiger partial charge is 0.452 e. The molecule has 0 spiro atoms. The lowest BCUT2D eigenvalue weighted by Gasteiger charge is -2.06. The monoisotopic (exact) mass is 352 g/mol. The molecule has 0 aromatic carbocycles. The molecule has 0 fully saturated rings. The normalized spacial score (nSPS) is 12.3. The number of halogens is 1. The van der Waals surface area contributed by atoms with E-state index in [2.05, 4.69) is 39.8 Å². The van der Waals surface area contributed by atoms with Crippen LogP contribution in [0, 0.1) is 5.92 Å². The van der Waals surface area contributed by atoms with Gasteiger partial charge in [-0.1, -0.05) is 13.8 Å². The van der Waals surface area contributed by atoms with Crippen molar-refractivity contribution in [1.82, 2.24) is 10.0 Å². The van der Waals surface area contributed by atoms with E-state index in [9.17, 15) is 8.42 Å². The molecule has 0 aliphatic carbocycles. The number of furan rings is 1. The summed E-state index contributed by atoms with van der Waals surface area (Å²) in [5.41, 5.74) is 0. The molecule has 2 N–H and O–H groups in total. The Morgan fingerprint density at radius 3 is 2.68 bits per heavy atom. The average molecular weight is 353 g/mol. The highest BCUT2D eigenvalue weighted by molar-refractivity contribution is 9.10. The van der Waals surface area contributed by atoms with Crippen LogP contribution in [0.2, 0.25) is 0 Å². The summed E-state index contributed by atoms with van der Waals surface area (Å²) in [5.74, 6) is 1.16. The minimum absolute atomic E-state index is 0.155. The van der Waals surface area contributed by atoms with Gasteiger partial charge in [0.25, 0.3) is 0 Å². The van der Waals surface area contributed by atoms with Gasteiger partial charge >= 0.3 is 0 Å². The molecule has 1 aromatic rings. The van der Waals surface area contributed by atoms with Crippen molar-refractivity contribution in [3.05, 3.63) is 16.5 Å². The minimum Gasteiger partial charge on any atom is -0.452 e. The zero-order valence-corrected chi connectivity index (χ0v) is 13.9. The number of hydrogen-bond donors (Lipinski definition) is 2. The molecule has 1 rings (SSSR count). The van der Waals surface area contributed by atoms with Crippen LogP contribution in [0.25, 0.3) is 0 Å². The molecule has 0 radical (unpaired) electrons. The van der Waals surface area contributed by atoms with Crippen LogP contribution >= 0.6 is 15.9 Å². The van der Waals surface area contributed by atoms with E-state index >= 15 is 0 Å². The molecule has 1 heterocycles. The molecular weight excluding hydrogens is 332 g/mol. The Balaban J connectivity index is 2.66. The van der Waals surface area contributed by atoms with Gasteiger partial charge in [-0.05, 0) is 41.7 Å². The third-order valence-electron chi connectivity index (χ3n) is 2.60. The molecule has 0 bridgehead atoms. The minimum atomic E-state index is -3.50. The van der Waals surface area contributed by atoms with Crippen LogP contribution in [0.1, 0.15) is 32.4 Å². The summed E-state index contributed by atoms with van der Waals surface area (Å²) in [5, 5.41) is 2.91. The van der Waals surface area contributed by atoms with Crippen LogP contribution < -0.4 is 10.0 Å². The first-order valence-electron chi connectivity index (χ1n) is 6.29. The molecule has 7 heteroatoms. The second kappa shape index (κ2) is 7.42. The van der Waals surface area contributed by atoms with Crippen molar-refractivity contribution in [2.75, 3.05) is 13.6 Å². The van der Waals surface area contributed by atoms with Crippen molar-refractivity contribution in [3.63, 3.8) is 0 Å². The van der Waals surface area contributed by atoms with Crippen molar-refractivity contribution in [2.45, 2.75) is 38.1 Å². The van der Waals surface area contributed by atoms with Gasteiger partial charge in [0, 0.05) is 12.6 Å². The molecular formula is C12H21BrN2O3S. The van der Waals surface area contributed by atoms with Gasteiger partial charge in [-0.25, -0.2) is 13.1 Å². The van der Waals surface area contributed by atoms with E-state index in [0.717, 1.165) is 12.8 Å². The highest BCUT2D eigenvalue weighted by Gasteiger charge is 2.21. The third kappa shape index (κ3) is 5.25. The van der Waals surface area contributed by atoms with E-state index in [-0.39, 0.29) is 9.56 Å². The van der Waals surface area contributed by atoms with Crippen molar-refractivity contribution < 1.29 is 12.8 Å². The topological polar surface area (TPSA) is 71.3 Å². The van der Waals surface area contributed by atoms with Crippen molar-refractivity contribution >= 4 is 26.0 Å². The quantitative estimate of drug-likeness (QED) is 0.705. The molecule has 0 aliphatic rings. The summed E-state index contributed by atoms with van der Waals surface area (Å²) in [7, 11) is -1.73. The van der Waals surface area contributed by atoms with E-state index in [1.165, 1.54) is 6.07 Å². The van der Waals surface area contributed by atoms with Crippen LogP contribution in [0.3, 0.4) is 0 Å². The standard InChI is InChI=1S/C12H21BrN2O3S/c1-9(2)5-4-6-15-19(16,17)11-7-10(8-14-3)18-12(11)13/h7,9,14-15H,4-6,8H2,1-3H3. The van der Waals surface area contributed by atoms with Gasteiger partial charge in [0.05, 0.1) is 6.54 Å². The van der Waals surface area contributed by atoms with Crippen LogP contribution in [0.15, 0.2) is 20.0 Å². The van der Waals surface area contributed by atoms with Gasteiger partial charge in [0.15, 0.2) is 4.67 Å². The summed E-state index contributed by atoms with van der Waals surface area (Å²) in [4.78, 5) is 0.155. The summed E-state index contributed by atoms with van der Waals surface area (Å²) in [6.45, 7) is 5.16. The van der Waals surface area contributed by atoms with Crippen molar-refractivity contribution in [1.29, 1.82) is 0 Å². The Morgan fingerprint density at radius 2 is 2.11 bits per heavy atom. The molecule has 5 nitrogen and oxygen atoms in total. The van der Waals surface area contributed by atoms with Gasteiger partial charge in [0.1, 0.15) is 10.7 Å². The molecule has 0 saturated heterocycles. The molecule has 110 valence electrons. The van der Waals surface area contributed by atoms with Crippen LogP contribution in [-0.2, 0) is 16.6 Å². The first kappa shape index (κ1) is 16.7. The summed E-state index contributed by atoms with van der Waals surface area (Å²) < 4.78 is 32.3. The van der Waals surface area contributed by atoms with Gasteiger partial charge in [0.2, 0.25) is 10.0 Å². The van der Waals surface area contributed by atoms with Crippen molar-refractivity contribution in [3.8, 4) is 0 Å². The number of rotatable bonds is 8. The summed E-state index contributed by atoms with van der Waals surface area (Å²) in [6.07, 6.45) is 1.83. The lowest BCUT2D eigenvalue weighted by molar-refractivity contribution is 0.470. The maximum absolute atomic E-state index is 12.1. The average Bonchev–Trinajstić information content (AvgIpc) is 2.67. The Kier molecular flexibility index (Phi) is 6.52. The smallest absolute Gasteiger partial charge is 0.244 e. The highest BCUT2D eigenvalue weighted by Crippen LogP contribution is 2.26. The van der Waals surface area contributed by atoms with Crippen molar-refractivity contribution in [2.24, 2.45) is 5.92 Å². The predicted octanol–water partition coefficient (Wildman–Crippen LogP) is 2.48. The molecule has 0 amide bonds. The first-order valence-corrected chi connectivity index (χ1v) is 8.57. The molecule has 19 heavy (non-hydrogen) atoms. The molecule has 0 saturated carbocycles. The van der Waals surface area contributed by atoms with Gasteiger partial charge < -0.3 is 9.73 Å². The number of hydrogen-bond acceptors (Lipinski definition) is 4. The van der Waals surface area contributed by atoms with Gasteiger partial charge in [-0.2, -0.15) is 0 Å². The summed E-state index contributed by atoms with van der Waals surface area (Å²) >= 11 is 3.14. The Morgan fingerprint density at radius 1 is 1.42 bits per heavy atom. The second-order valence-corrected chi connectivity index (χ2v) is 7.27. The second-order valence-electron chi connectivity index (χ2n) is 4.81. The highest BCUT2D eigenvalue weighted by atomic mass is 79.9. The molecule has 0 aliphatic heterocycles. The van der Waals surface area contributed by atoms with Crippen LogP contribution in [-0.4, -0.2) is 22.0 Å². The molecule has 0 unspecified atom stereocenters. The predicted molar refractivity (Wildman–Crippen MR) is 78.4 cm³/mol. The fraction of sp³-hybridized carbons (Fsp3) is 0.667. The van der Waals surface area contributed by atoms with E-state index < -0.39 is 10.0 Å². The van der Waals surface area contributed by atoms with Gasteiger partial charge in [-0.15, -0.1) is 0 Å². The SMILES string of the molecule is CNCc1cc(S(=O)(=O)NCCCC(C)C)c(Br)o1. The first-order chi connectivity index (χ1) is 8.86. The van der Waals surface area contributed by atoms with E-state index in [4.69, 9.17) is 4.42 Å². The molecule has 1 aromatic heterocycles. The Bertz CT molecular complexity index is 497. The molecule has 0 atom stereocenters. The van der Waals surface area contributed by atoms with E-state index in [1.807, 2.05) is 0 Å². The fourth-order valence-electron chi connectivity index (χ4n) is 1.64. The zero-order valence-electron chi connectivity index (χ0n) is 11.5. The maximum atomic E-state index is 12.1. The Labute approximate surface area is 123 Å². The van der Waals surface area contributed by atoms with E-state index in [1.54, 1.807) is 7.05 Å². The summed E-state index contributed by atoms with van der Waals surface area (Å²) in [6, 6.07) is 1.53. The number of sulfonamides is 1. The van der Waals surface area contributed by atoms with E-state index in [0.29, 0.717) is 24.8 Å². The fourth-order valence-corrected chi connectivity index (χ4v) is 3.71. The van der Waals surface area contributed by atoms with Gasteiger partial charge in [-0.3, -0.25) is 0 Å². The maximum Gasteiger partial charge on any atom is 0.244 e. The lowest BCUT2D eigenvalue weighted by Crippen LogP contribution is -2.25.